The maximum Gasteiger partial charge on any atom is 0.278 e. The number of nitro benzene ring substituents is 1. The molecule has 4 aromatic rings. The molecule has 4 rings (SSSR count). The Labute approximate surface area is 153 Å². The lowest BCUT2D eigenvalue weighted by molar-refractivity contribution is -0.385. The van der Waals surface area contributed by atoms with Crippen LogP contribution < -0.4 is 5.43 Å². The standard InChI is InChI=1S/C18H13N7O2/c26-25(27)15-9-5-4-8-14(15)12-19-20-16-10-11-17-21-22-18(24(17)23-16)13-6-2-1-3-7-13/h1-12H,(H,20,23)/b19-12+. The number of anilines is 1. The molecule has 0 atom stereocenters. The topological polar surface area (TPSA) is 111 Å². The Morgan fingerprint density at radius 2 is 1.78 bits per heavy atom. The van der Waals surface area contributed by atoms with E-state index in [1.165, 1.54) is 12.3 Å². The number of hydrazone groups is 1. The van der Waals surface area contributed by atoms with Crippen molar-refractivity contribution in [3.05, 3.63) is 82.4 Å². The lowest BCUT2D eigenvalue weighted by Gasteiger charge is -2.02. The van der Waals surface area contributed by atoms with E-state index in [0.29, 0.717) is 22.9 Å². The Kier molecular flexibility index (Phi) is 4.24. The van der Waals surface area contributed by atoms with Crippen molar-refractivity contribution in [3.8, 4) is 11.4 Å². The summed E-state index contributed by atoms with van der Waals surface area (Å²) in [7, 11) is 0. The molecule has 9 nitrogen and oxygen atoms in total. The molecule has 0 aliphatic carbocycles. The maximum atomic E-state index is 11.0. The number of nitrogens with zero attached hydrogens (tertiary/aromatic N) is 6. The van der Waals surface area contributed by atoms with Gasteiger partial charge < -0.3 is 0 Å². The highest BCUT2D eigenvalue weighted by Gasteiger charge is 2.11. The Hall–Kier alpha value is -4.14. The fourth-order valence-electron chi connectivity index (χ4n) is 2.55. The van der Waals surface area contributed by atoms with Crippen molar-refractivity contribution in [1.29, 1.82) is 0 Å². The zero-order chi connectivity index (χ0) is 18.6. The summed E-state index contributed by atoms with van der Waals surface area (Å²) in [5, 5.41) is 27.8. The molecule has 1 N–H and O–H groups in total. The average Bonchev–Trinajstić information content (AvgIpc) is 3.12. The van der Waals surface area contributed by atoms with Crippen LogP contribution in [0.3, 0.4) is 0 Å². The molecule has 0 amide bonds. The molecule has 27 heavy (non-hydrogen) atoms. The van der Waals surface area contributed by atoms with E-state index in [2.05, 4.69) is 25.8 Å². The lowest BCUT2D eigenvalue weighted by atomic mass is 10.2. The first-order valence-electron chi connectivity index (χ1n) is 8.03. The van der Waals surface area contributed by atoms with Gasteiger partial charge in [-0.1, -0.05) is 42.5 Å². The molecule has 2 aromatic carbocycles. The first-order valence-corrected chi connectivity index (χ1v) is 8.03. The number of hydrogen-bond acceptors (Lipinski definition) is 7. The number of nitro groups is 1. The average molecular weight is 359 g/mol. The van der Waals surface area contributed by atoms with Gasteiger partial charge in [-0.3, -0.25) is 15.5 Å². The van der Waals surface area contributed by atoms with E-state index in [9.17, 15) is 10.1 Å². The smallest absolute Gasteiger partial charge is 0.260 e. The highest BCUT2D eigenvalue weighted by molar-refractivity contribution is 5.85. The maximum absolute atomic E-state index is 11.0. The number of aromatic nitrogens is 4. The molecule has 0 spiro atoms. The van der Waals surface area contributed by atoms with Gasteiger partial charge in [0.2, 0.25) is 0 Å². The Bertz CT molecular complexity index is 1140. The largest absolute Gasteiger partial charge is 0.278 e. The first-order chi connectivity index (χ1) is 13.2. The lowest BCUT2D eigenvalue weighted by Crippen LogP contribution is -2.01. The van der Waals surface area contributed by atoms with Crippen LogP contribution in [0.4, 0.5) is 11.5 Å². The molecule has 0 saturated carbocycles. The minimum absolute atomic E-state index is 0.0170. The fraction of sp³-hybridized carbons (Fsp3) is 0. The minimum Gasteiger partial charge on any atom is -0.260 e. The zero-order valence-electron chi connectivity index (χ0n) is 13.9. The van der Waals surface area contributed by atoms with Crippen molar-refractivity contribution < 1.29 is 4.92 Å². The predicted octanol–water partition coefficient (Wildman–Crippen LogP) is 3.15. The molecule has 2 heterocycles. The van der Waals surface area contributed by atoms with Crippen LogP contribution in [-0.4, -0.2) is 30.9 Å². The molecular formula is C18H13N7O2. The molecule has 0 bridgehead atoms. The van der Waals surface area contributed by atoms with Crippen LogP contribution in [0.1, 0.15) is 5.56 Å². The minimum atomic E-state index is -0.449. The second kappa shape index (κ2) is 7.00. The van der Waals surface area contributed by atoms with Crippen molar-refractivity contribution in [3.63, 3.8) is 0 Å². The van der Waals surface area contributed by atoms with Gasteiger partial charge in [-0.2, -0.15) is 9.62 Å². The van der Waals surface area contributed by atoms with Crippen molar-refractivity contribution in [1.82, 2.24) is 19.8 Å². The molecule has 0 radical (unpaired) electrons. The number of nitrogens with one attached hydrogen (secondary N) is 1. The summed E-state index contributed by atoms with van der Waals surface area (Å²) < 4.78 is 1.61. The van der Waals surface area contributed by atoms with Crippen LogP contribution in [0.5, 0.6) is 0 Å². The molecule has 132 valence electrons. The molecule has 0 unspecified atom stereocenters. The Morgan fingerprint density at radius 3 is 2.59 bits per heavy atom. The van der Waals surface area contributed by atoms with Crippen LogP contribution in [0, 0.1) is 10.1 Å². The number of benzene rings is 2. The predicted molar refractivity (Wildman–Crippen MR) is 101 cm³/mol. The summed E-state index contributed by atoms with van der Waals surface area (Å²) >= 11 is 0. The highest BCUT2D eigenvalue weighted by Crippen LogP contribution is 2.18. The third-order valence-corrected chi connectivity index (χ3v) is 3.81. The molecule has 0 fully saturated rings. The Balaban J connectivity index is 1.61. The third-order valence-electron chi connectivity index (χ3n) is 3.81. The summed E-state index contributed by atoms with van der Waals surface area (Å²) in [6.45, 7) is 0. The van der Waals surface area contributed by atoms with E-state index in [1.807, 2.05) is 30.3 Å². The van der Waals surface area contributed by atoms with E-state index >= 15 is 0 Å². The van der Waals surface area contributed by atoms with E-state index in [1.54, 1.807) is 34.8 Å². The summed E-state index contributed by atoms with van der Waals surface area (Å²) in [6.07, 6.45) is 1.38. The van der Waals surface area contributed by atoms with Gasteiger partial charge in [0.05, 0.1) is 16.7 Å². The van der Waals surface area contributed by atoms with Crippen molar-refractivity contribution in [2.45, 2.75) is 0 Å². The van der Waals surface area contributed by atoms with Crippen molar-refractivity contribution in [2.75, 3.05) is 5.43 Å². The van der Waals surface area contributed by atoms with Crippen LogP contribution in [0.25, 0.3) is 17.0 Å². The fourth-order valence-corrected chi connectivity index (χ4v) is 2.55. The third kappa shape index (κ3) is 3.33. The van der Waals surface area contributed by atoms with Crippen LogP contribution in [0.2, 0.25) is 0 Å². The van der Waals surface area contributed by atoms with Crippen molar-refractivity contribution >= 4 is 23.4 Å². The molecule has 9 heteroatoms. The van der Waals surface area contributed by atoms with Gasteiger partial charge in [0, 0.05) is 11.6 Å². The second-order valence-corrected chi connectivity index (χ2v) is 5.56. The monoisotopic (exact) mass is 359 g/mol. The summed E-state index contributed by atoms with van der Waals surface area (Å²) in [6, 6.07) is 19.4. The van der Waals surface area contributed by atoms with Crippen LogP contribution >= 0.6 is 0 Å². The number of rotatable bonds is 5. The number of fused-ring (bicyclic) bond motifs is 1. The van der Waals surface area contributed by atoms with Gasteiger partial charge in [0.15, 0.2) is 17.3 Å². The van der Waals surface area contributed by atoms with Crippen molar-refractivity contribution in [2.24, 2.45) is 5.10 Å². The highest BCUT2D eigenvalue weighted by atomic mass is 16.6. The number of para-hydroxylation sites is 1. The number of hydrogen-bond donors (Lipinski definition) is 1. The Morgan fingerprint density at radius 1 is 1.00 bits per heavy atom. The zero-order valence-corrected chi connectivity index (χ0v) is 13.9. The molecular weight excluding hydrogens is 346 g/mol. The van der Waals surface area contributed by atoms with Gasteiger partial charge in [-0.15, -0.1) is 15.3 Å². The van der Waals surface area contributed by atoms with Crippen LogP contribution in [-0.2, 0) is 0 Å². The van der Waals surface area contributed by atoms with E-state index in [4.69, 9.17) is 0 Å². The normalized spacial score (nSPS) is 11.1. The van der Waals surface area contributed by atoms with Gasteiger partial charge >= 0.3 is 0 Å². The van der Waals surface area contributed by atoms with Gasteiger partial charge in [-0.25, -0.2) is 0 Å². The summed E-state index contributed by atoms with van der Waals surface area (Å²) in [5.41, 5.74) is 4.64. The second-order valence-electron chi connectivity index (χ2n) is 5.56. The molecule has 2 aromatic heterocycles. The SMILES string of the molecule is O=[N+]([O-])c1ccccc1/C=N/Nc1ccc2nnc(-c3ccccc3)n2n1. The first kappa shape index (κ1) is 16.3. The van der Waals surface area contributed by atoms with E-state index in [0.717, 1.165) is 5.56 Å². The van der Waals surface area contributed by atoms with Crippen LogP contribution in [0.15, 0.2) is 71.8 Å². The van der Waals surface area contributed by atoms with Gasteiger partial charge in [-0.05, 0) is 18.2 Å². The summed E-state index contributed by atoms with van der Waals surface area (Å²) in [5.74, 6) is 1.06. The van der Waals surface area contributed by atoms with E-state index in [-0.39, 0.29) is 5.69 Å². The van der Waals surface area contributed by atoms with E-state index < -0.39 is 4.92 Å². The van der Waals surface area contributed by atoms with Gasteiger partial charge in [0.25, 0.3) is 5.69 Å². The molecule has 0 saturated heterocycles. The molecule has 0 aliphatic heterocycles. The quantitative estimate of drug-likeness (QED) is 0.333. The molecule has 0 aliphatic rings. The van der Waals surface area contributed by atoms with Gasteiger partial charge in [0.1, 0.15) is 0 Å². The summed E-state index contributed by atoms with van der Waals surface area (Å²) in [4.78, 5) is 10.6.